The predicted octanol–water partition coefficient (Wildman–Crippen LogP) is 2.03. The number of carbonyl (C=O) groups is 1. The summed E-state index contributed by atoms with van der Waals surface area (Å²) in [5, 5.41) is 15.9. The van der Waals surface area contributed by atoms with Crippen molar-refractivity contribution in [3.8, 4) is 0 Å². The molecule has 6 nitrogen and oxygen atoms in total. The van der Waals surface area contributed by atoms with E-state index in [2.05, 4.69) is 27.7 Å². The van der Waals surface area contributed by atoms with Gasteiger partial charge in [-0.15, -0.1) is 0 Å². The number of urea groups is 1. The quantitative estimate of drug-likeness (QED) is 0.779. The molecule has 2 aromatic rings. The van der Waals surface area contributed by atoms with Gasteiger partial charge in [0.25, 0.3) is 0 Å². The molecule has 1 atom stereocenters. The largest absolute Gasteiger partial charge is 0.385 e. The van der Waals surface area contributed by atoms with Crippen LogP contribution in [0.25, 0.3) is 0 Å². The molecule has 0 spiro atoms. The number of aryl methyl sites for hydroxylation is 1. The normalized spacial score (nSPS) is 16.5. The first-order valence-electron chi connectivity index (χ1n) is 8.77. The lowest BCUT2D eigenvalue weighted by molar-refractivity contribution is 0.165. The van der Waals surface area contributed by atoms with Crippen LogP contribution in [-0.4, -0.2) is 41.4 Å². The fraction of sp³-hybridized carbons (Fsp3) is 0.421. The van der Waals surface area contributed by atoms with Crippen molar-refractivity contribution in [3.05, 3.63) is 54.4 Å². The van der Waals surface area contributed by atoms with Crippen molar-refractivity contribution < 1.29 is 9.90 Å². The molecule has 0 radical (unpaired) electrons. The monoisotopic (exact) mass is 342 g/mol. The zero-order chi connectivity index (χ0) is 17.6. The van der Waals surface area contributed by atoms with Crippen molar-refractivity contribution in [2.75, 3.05) is 24.5 Å². The van der Waals surface area contributed by atoms with E-state index < -0.39 is 6.10 Å². The van der Waals surface area contributed by atoms with Crippen LogP contribution in [0, 0.1) is 0 Å². The number of hydrogen-bond acceptors (Lipinski definition) is 3. The fourth-order valence-electron chi connectivity index (χ4n) is 3.27. The number of aromatic nitrogens is 1. The summed E-state index contributed by atoms with van der Waals surface area (Å²) in [6.45, 7) is 2.06. The SMILES string of the molecule is Cn1cccc1[C@@H](O)CNC(=O)NC1CCN(c2ccccc2)CC1. The van der Waals surface area contributed by atoms with E-state index >= 15 is 0 Å². The van der Waals surface area contributed by atoms with E-state index in [9.17, 15) is 9.90 Å². The van der Waals surface area contributed by atoms with Crippen LogP contribution in [0.1, 0.15) is 24.6 Å². The molecule has 2 heterocycles. The van der Waals surface area contributed by atoms with Crippen LogP contribution in [0.5, 0.6) is 0 Å². The first-order chi connectivity index (χ1) is 12.1. The molecular formula is C19H26N4O2. The third-order valence-electron chi connectivity index (χ3n) is 4.73. The minimum Gasteiger partial charge on any atom is -0.385 e. The van der Waals surface area contributed by atoms with Crippen LogP contribution in [0.2, 0.25) is 0 Å². The lowest BCUT2D eigenvalue weighted by Crippen LogP contribution is -2.48. The highest BCUT2D eigenvalue weighted by molar-refractivity contribution is 5.74. The second-order valence-electron chi connectivity index (χ2n) is 6.51. The standard InChI is InChI=1S/C19H26N4O2/c1-22-11-5-8-17(22)18(24)14-20-19(25)21-15-9-12-23(13-10-15)16-6-3-2-4-7-16/h2-8,11,15,18,24H,9-10,12-14H2,1H3,(H2,20,21,25)/t18-/m0/s1. The molecule has 3 N–H and O–H groups in total. The summed E-state index contributed by atoms with van der Waals surface area (Å²) in [4.78, 5) is 14.4. The highest BCUT2D eigenvalue weighted by Gasteiger charge is 2.21. The summed E-state index contributed by atoms with van der Waals surface area (Å²) in [5.74, 6) is 0. The van der Waals surface area contributed by atoms with Gasteiger partial charge in [0.2, 0.25) is 0 Å². The molecule has 1 fully saturated rings. The number of aliphatic hydroxyl groups excluding tert-OH is 1. The molecule has 3 rings (SSSR count). The average Bonchev–Trinajstić information content (AvgIpc) is 3.07. The van der Waals surface area contributed by atoms with Gasteiger partial charge in [-0.05, 0) is 37.1 Å². The minimum atomic E-state index is -0.703. The predicted molar refractivity (Wildman–Crippen MR) is 98.6 cm³/mol. The Bertz CT molecular complexity index is 678. The Labute approximate surface area is 148 Å². The molecular weight excluding hydrogens is 316 g/mol. The number of nitrogens with zero attached hydrogens (tertiary/aromatic N) is 2. The molecule has 2 amide bonds. The molecule has 0 unspecified atom stereocenters. The second-order valence-corrected chi connectivity index (χ2v) is 6.51. The molecule has 0 aliphatic carbocycles. The van der Waals surface area contributed by atoms with E-state index in [1.165, 1.54) is 5.69 Å². The first kappa shape index (κ1) is 17.4. The summed E-state index contributed by atoms with van der Waals surface area (Å²) < 4.78 is 1.85. The summed E-state index contributed by atoms with van der Waals surface area (Å²) >= 11 is 0. The molecule has 1 aromatic carbocycles. The van der Waals surface area contributed by atoms with Gasteiger partial charge in [-0.2, -0.15) is 0 Å². The van der Waals surface area contributed by atoms with Crippen molar-refractivity contribution in [2.24, 2.45) is 7.05 Å². The Hall–Kier alpha value is -2.47. The van der Waals surface area contributed by atoms with Crippen LogP contribution in [0.15, 0.2) is 48.7 Å². The van der Waals surface area contributed by atoms with Gasteiger partial charge in [-0.25, -0.2) is 4.79 Å². The lowest BCUT2D eigenvalue weighted by Gasteiger charge is -2.34. The number of nitrogens with one attached hydrogen (secondary N) is 2. The summed E-state index contributed by atoms with van der Waals surface area (Å²) in [6, 6.07) is 14.0. The number of carbonyl (C=O) groups excluding carboxylic acids is 1. The number of para-hydroxylation sites is 1. The van der Waals surface area contributed by atoms with Gasteiger partial charge < -0.3 is 25.2 Å². The molecule has 1 aliphatic rings. The molecule has 25 heavy (non-hydrogen) atoms. The minimum absolute atomic E-state index is 0.173. The summed E-state index contributed by atoms with van der Waals surface area (Å²) in [6.07, 6.45) is 3.01. The third kappa shape index (κ3) is 4.54. The number of piperidine rings is 1. The number of amides is 2. The van der Waals surface area contributed by atoms with Gasteiger partial charge >= 0.3 is 6.03 Å². The lowest BCUT2D eigenvalue weighted by atomic mass is 10.0. The topological polar surface area (TPSA) is 69.5 Å². The van der Waals surface area contributed by atoms with Gasteiger partial charge in [-0.3, -0.25) is 0 Å². The van der Waals surface area contributed by atoms with Crippen molar-refractivity contribution >= 4 is 11.7 Å². The third-order valence-corrected chi connectivity index (χ3v) is 4.73. The average molecular weight is 342 g/mol. The molecule has 1 saturated heterocycles. The van der Waals surface area contributed by atoms with Crippen molar-refractivity contribution in [2.45, 2.75) is 25.0 Å². The van der Waals surface area contributed by atoms with Gasteiger partial charge in [0.15, 0.2) is 0 Å². The molecule has 0 saturated carbocycles. The highest BCUT2D eigenvalue weighted by atomic mass is 16.3. The van der Waals surface area contributed by atoms with Gasteiger partial charge in [0.1, 0.15) is 6.10 Å². The summed E-state index contributed by atoms with van der Waals surface area (Å²) in [5.41, 5.74) is 2.02. The fourth-order valence-corrected chi connectivity index (χ4v) is 3.27. The molecule has 0 bridgehead atoms. The summed E-state index contributed by atoms with van der Waals surface area (Å²) in [7, 11) is 1.87. The number of benzene rings is 1. The Balaban J connectivity index is 1.40. The van der Waals surface area contributed by atoms with E-state index in [1.54, 1.807) is 0 Å². The van der Waals surface area contributed by atoms with E-state index in [0.717, 1.165) is 31.6 Å². The van der Waals surface area contributed by atoms with Crippen LogP contribution in [0.4, 0.5) is 10.5 Å². The number of anilines is 1. The molecule has 134 valence electrons. The Morgan fingerprint density at radius 3 is 2.56 bits per heavy atom. The van der Waals surface area contributed by atoms with Crippen molar-refractivity contribution in [3.63, 3.8) is 0 Å². The maximum absolute atomic E-state index is 12.1. The number of rotatable bonds is 5. The van der Waals surface area contributed by atoms with Gasteiger partial charge in [-0.1, -0.05) is 18.2 Å². The van der Waals surface area contributed by atoms with Crippen molar-refractivity contribution in [1.29, 1.82) is 0 Å². The highest BCUT2D eigenvalue weighted by Crippen LogP contribution is 2.19. The van der Waals surface area contributed by atoms with E-state index in [1.807, 2.05) is 48.1 Å². The maximum atomic E-state index is 12.1. The zero-order valence-electron chi connectivity index (χ0n) is 14.6. The van der Waals surface area contributed by atoms with Crippen LogP contribution in [-0.2, 0) is 7.05 Å². The number of hydrogen-bond donors (Lipinski definition) is 3. The molecule has 1 aromatic heterocycles. The smallest absolute Gasteiger partial charge is 0.315 e. The van der Waals surface area contributed by atoms with Crippen LogP contribution < -0.4 is 15.5 Å². The van der Waals surface area contributed by atoms with Crippen molar-refractivity contribution in [1.82, 2.24) is 15.2 Å². The number of aliphatic hydroxyl groups is 1. The maximum Gasteiger partial charge on any atom is 0.315 e. The van der Waals surface area contributed by atoms with Gasteiger partial charge in [0.05, 0.1) is 6.54 Å². The van der Waals surface area contributed by atoms with Crippen LogP contribution >= 0.6 is 0 Å². The Kier molecular flexibility index (Phi) is 5.60. The van der Waals surface area contributed by atoms with E-state index in [-0.39, 0.29) is 18.6 Å². The molecule has 6 heteroatoms. The van der Waals surface area contributed by atoms with E-state index in [4.69, 9.17) is 0 Å². The Morgan fingerprint density at radius 2 is 1.92 bits per heavy atom. The Morgan fingerprint density at radius 1 is 1.20 bits per heavy atom. The first-order valence-corrected chi connectivity index (χ1v) is 8.77. The van der Waals surface area contributed by atoms with Gasteiger partial charge in [0, 0.05) is 43.8 Å². The van der Waals surface area contributed by atoms with Crippen LogP contribution in [0.3, 0.4) is 0 Å². The van der Waals surface area contributed by atoms with E-state index in [0.29, 0.717) is 0 Å². The molecule has 1 aliphatic heterocycles. The zero-order valence-corrected chi connectivity index (χ0v) is 14.6. The second kappa shape index (κ2) is 8.07.